The van der Waals surface area contributed by atoms with E-state index in [1.807, 2.05) is 14.1 Å². The third-order valence-electron chi connectivity index (χ3n) is 3.82. The molecule has 0 bridgehead atoms. The van der Waals surface area contributed by atoms with Crippen molar-refractivity contribution in [1.29, 1.82) is 0 Å². The first-order chi connectivity index (χ1) is 9.40. The first kappa shape index (κ1) is 15.8. The highest BCUT2D eigenvalue weighted by molar-refractivity contribution is 7.89. The van der Waals surface area contributed by atoms with E-state index in [0.29, 0.717) is 5.02 Å². The number of nitrogens with one attached hydrogen (secondary N) is 1. The fraction of sp³-hybridized carbons (Fsp3) is 0.571. The number of hydrogen-bond acceptors (Lipinski definition) is 3. The van der Waals surface area contributed by atoms with Crippen molar-refractivity contribution in [2.45, 2.75) is 42.7 Å². The van der Waals surface area contributed by atoms with Crippen molar-refractivity contribution in [3.05, 3.63) is 29.3 Å². The predicted molar refractivity (Wildman–Crippen MR) is 81.5 cm³/mol. The maximum Gasteiger partial charge on any atom is 0.240 e. The number of benzene rings is 1. The van der Waals surface area contributed by atoms with Crippen LogP contribution in [0.3, 0.4) is 0 Å². The Morgan fingerprint density at radius 1 is 1.15 bits per heavy atom. The Balaban J connectivity index is 2.16. The van der Waals surface area contributed by atoms with Crippen LogP contribution in [0, 0.1) is 0 Å². The lowest BCUT2D eigenvalue weighted by Gasteiger charge is -2.36. The Kier molecular flexibility index (Phi) is 5.07. The summed E-state index contributed by atoms with van der Waals surface area (Å²) in [4.78, 5) is 2.37. The summed E-state index contributed by atoms with van der Waals surface area (Å²) in [6.07, 6.45) is 4.14. The molecule has 6 heteroatoms. The van der Waals surface area contributed by atoms with E-state index in [-0.39, 0.29) is 17.0 Å². The van der Waals surface area contributed by atoms with E-state index < -0.39 is 10.0 Å². The third-order valence-corrected chi connectivity index (χ3v) is 5.58. The monoisotopic (exact) mass is 316 g/mol. The summed E-state index contributed by atoms with van der Waals surface area (Å²) in [5.74, 6) is 0. The Morgan fingerprint density at radius 2 is 1.75 bits per heavy atom. The lowest BCUT2D eigenvalue weighted by Crippen LogP contribution is -2.50. The normalized spacial score (nSPS) is 24.0. The first-order valence-corrected chi connectivity index (χ1v) is 8.70. The van der Waals surface area contributed by atoms with Crippen LogP contribution in [0.1, 0.15) is 25.7 Å². The van der Waals surface area contributed by atoms with Gasteiger partial charge < -0.3 is 4.90 Å². The molecule has 20 heavy (non-hydrogen) atoms. The second-order valence-corrected chi connectivity index (χ2v) is 7.65. The van der Waals surface area contributed by atoms with Crippen molar-refractivity contribution in [3.63, 3.8) is 0 Å². The van der Waals surface area contributed by atoms with Gasteiger partial charge in [-0.3, -0.25) is 0 Å². The number of nitrogens with zero attached hydrogens (tertiary/aromatic N) is 1. The topological polar surface area (TPSA) is 49.4 Å². The lowest BCUT2D eigenvalue weighted by molar-refractivity contribution is 0.191. The smallest absolute Gasteiger partial charge is 0.240 e. The number of rotatable bonds is 4. The van der Waals surface area contributed by atoms with E-state index in [4.69, 9.17) is 11.6 Å². The van der Waals surface area contributed by atoms with Gasteiger partial charge in [-0.2, -0.15) is 0 Å². The van der Waals surface area contributed by atoms with Crippen LogP contribution in [-0.4, -0.2) is 39.5 Å². The van der Waals surface area contributed by atoms with Crippen LogP contribution in [0.2, 0.25) is 5.02 Å². The van der Waals surface area contributed by atoms with Crippen LogP contribution in [0.25, 0.3) is 0 Å². The minimum atomic E-state index is -3.48. The van der Waals surface area contributed by atoms with Crippen LogP contribution in [0.5, 0.6) is 0 Å². The van der Waals surface area contributed by atoms with Crippen LogP contribution < -0.4 is 4.72 Å². The van der Waals surface area contributed by atoms with Gasteiger partial charge in [-0.05, 0) is 51.2 Å². The fourth-order valence-corrected chi connectivity index (χ4v) is 4.18. The largest absolute Gasteiger partial charge is 0.305 e. The van der Waals surface area contributed by atoms with Crippen molar-refractivity contribution in [3.8, 4) is 0 Å². The molecule has 2 atom stereocenters. The Hall–Kier alpha value is -0.620. The molecule has 1 saturated carbocycles. The standard InChI is InChI=1S/C14H21ClN2O2S/c1-17(2)14-6-4-3-5-13(14)16-20(18,19)12-9-7-11(15)8-10-12/h7-10,13-14,16H,3-6H2,1-2H3. The SMILES string of the molecule is CN(C)C1CCCCC1NS(=O)(=O)c1ccc(Cl)cc1. The minimum Gasteiger partial charge on any atom is -0.305 e. The Labute approximate surface area is 126 Å². The van der Waals surface area contributed by atoms with Gasteiger partial charge >= 0.3 is 0 Å². The van der Waals surface area contributed by atoms with E-state index in [0.717, 1.165) is 25.7 Å². The molecule has 1 N–H and O–H groups in total. The molecule has 112 valence electrons. The third kappa shape index (κ3) is 3.73. The van der Waals surface area contributed by atoms with Crippen LogP contribution in [0.4, 0.5) is 0 Å². The van der Waals surface area contributed by atoms with Gasteiger partial charge in [-0.25, -0.2) is 13.1 Å². The molecular formula is C14H21ClN2O2S. The zero-order valence-corrected chi connectivity index (χ0v) is 13.4. The molecule has 0 aliphatic heterocycles. The zero-order chi connectivity index (χ0) is 14.8. The molecule has 0 heterocycles. The molecule has 1 aromatic rings. The second kappa shape index (κ2) is 6.43. The number of sulfonamides is 1. The summed E-state index contributed by atoms with van der Waals surface area (Å²) in [6, 6.07) is 6.50. The molecule has 0 aromatic heterocycles. The zero-order valence-electron chi connectivity index (χ0n) is 11.8. The van der Waals surface area contributed by atoms with Crippen molar-refractivity contribution < 1.29 is 8.42 Å². The number of halogens is 1. The first-order valence-electron chi connectivity index (χ1n) is 6.84. The van der Waals surface area contributed by atoms with Crippen LogP contribution in [0.15, 0.2) is 29.2 Å². The molecule has 1 fully saturated rings. The van der Waals surface area contributed by atoms with E-state index in [1.165, 1.54) is 12.1 Å². The quantitative estimate of drug-likeness (QED) is 0.928. The molecular weight excluding hydrogens is 296 g/mol. The van der Waals surface area contributed by atoms with E-state index >= 15 is 0 Å². The summed E-state index contributed by atoms with van der Waals surface area (Å²) >= 11 is 5.80. The van der Waals surface area contributed by atoms with Crippen LogP contribution in [-0.2, 0) is 10.0 Å². The second-order valence-electron chi connectivity index (χ2n) is 5.50. The molecule has 0 saturated heterocycles. The summed E-state index contributed by atoms with van der Waals surface area (Å²) in [6.45, 7) is 0. The van der Waals surface area contributed by atoms with Gasteiger partial charge in [0.15, 0.2) is 0 Å². The van der Waals surface area contributed by atoms with Gasteiger partial charge in [-0.15, -0.1) is 0 Å². The highest BCUT2D eigenvalue weighted by atomic mass is 35.5. The van der Waals surface area contributed by atoms with E-state index in [2.05, 4.69) is 9.62 Å². The Morgan fingerprint density at radius 3 is 2.35 bits per heavy atom. The molecule has 0 amide bonds. The molecule has 1 aliphatic rings. The summed E-state index contributed by atoms with van der Waals surface area (Å²) < 4.78 is 27.7. The maximum atomic E-state index is 12.4. The predicted octanol–water partition coefficient (Wildman–Crippen LogP) is 2.49. The van der Waals surface area contributed by atoms with E-state index in [9.17, 15) is 8.42 Å². The van der Waals surface area contributed by atoms with Crippen molar-refractivity contribution in [2.75, 3.05) is 14.1 Å². The van der Waals surface area contributed by atoms with Gasteiger partial charge in [0, 0.05) is 17.1 Å². The minimum absolute atomic E-state index is 0.0283. The molecule has 0 spiro atoms. The van der Waals surface area contributed by atoms with Crippen molar-refractivity contribution in [2.24, 2.45) is 0 Å². The molecule has 1 aliphatic carbocycles. The lowest BCUT2D eigenvalue weighted by atomic mass is 9.90. The summed E-state index contributed by atoms with van der Waals surface area (Å²) in [5, 5.41) is 0.535. The van der Waals surface area contributed by atoms with Crippen molar-refractivity contribution >= 4 is 21.6 Å². The summed E-state index contributed by atoms with van der Waals surface area (Å²) in [7, 11) is 0.521. The van der Waals surface area contributed by atoms with Gasteiger partial charge in [0.05, 0.1) is 4.90 Å². The molecule has 4 nitrogen and oxygen atoms in total. The van der Waals surface area contributed by atoms with Crippen LogP contribution >= 0.6 is 11.6 Å². The van der Waals surface area contributed by atoms with Gasteiger partial charge in [0.25, 0.3) is 0 Å². The van der Waals surface area contributed by atoms with E-state index in [1.54, 1.807) is 12.1 Å². The average Bonchev–Trinajstić information content (AvgIpc) is 2.39. The van der Waals surface area contributed by atoms with Gasteiger partial charge in [0.2, 0.25) is 10.0 Å². The molecule has 2 unspecified atom stereocenters. The van der Waals surface area contributed by atoms with Crippen molar-refractivity contribution in [1.82, 2.24) is 9.62 Å². The Bertz CT molecular complexity index is 543. The molecule has 1 aromatic carbocycles. The number of likely N-dealkylation sites (N-methyl/N-ethyl adjacent to an activating group) is 1. The molecule has 0 radical (unpaired) electrons. The molecule has 2 rings (SSSR count). The van der Waals surface area contributed by atoms with Gasteiger partial charge in [-0.1, -0.05) is 24.4 Å². The number of hydrogen-bond donors (Lipinski definition) is 1. The summed E-state index contributed by atoms with van der Waals surface area (Å²) in [5.41, 5.74) is 0. The highest BCUT2D eigenvalue weighted by Gasteiger charge is 2.30. The van der Waals surface area contributed by atoms with Gasteiger partial charge in [0.1, 0.15) is 0 Å². The maximum absolute atomic E-state index is 12.4. The average molecular weight is 317 g/mol. The fourth-order valence-electron chi connectivity index (χ4n) is 2.75. The highest BCUT2D eigenvalue weighted by Crippen LogP contribution is 2.23.